The Morgan fingerprint density at radius 3 is 2.53 bits per heavy atom. The first kappa shape index (κ1) is 11.1. The summed E-state index contributed by atoms with van der Waals surface area (Å²) in [6, 6.07) is 4.26. The zero-order valence-corrected chi connectivity index (χ0v) is 10.1. The fraction of sp³-hybridized carbons (Fsp3) is 0.615. The predicted molar refractivity (Wildman–Crippen MR) is 66.0 cm³/mol. The minimum Gasteiger partial charge on any atom is -0.379 e. The standard InChI is InChI=1S/C13H19N3O/c1-3-14-4-2-12(1)13(10-17-11-13)9-16-7-5-15-6-8-16/h1-4,15H,5-11H2. The lowest BCUT2D eigenvalue weighted by molar-refractivity contribution is -0.0756. The maximum Gasteiger partial charge on any atom is 0.0598 e. The second-order valence-electron chi connectivity index (χ2n) is 5.04. The van der Waals surface area contributed by atoms with Crippen molar-refractivity contribution >= 4 is 0 Å². The number of hydrogen-bond acceptors (Lipinski definition) is 4. The molecule has 0 aromatic carbocycles. The van der Waals surface area contributed by atoms with Crippen LogP contribution in [0.4, 0.5) is 0 Å². The van der Waals surface area contributed by atoms with Gasteiger partial charge in [0.2, 0.25) is 0 Å². The van der Waals surface area contributed by atoms with E-state index in [1.54, 1.807) is 0 Å². The summed E-state index contributed by atoms with van der Waals surface area (Å²) in [5.74, 6) is 0. The van der Waals surface area contributed by atoms with Crippen molar-refractivity contribution in [2.24, 2.45) is 0 Å². The summed E-state index contributed by atoms with van der Waals surface area (Å²) < 4.78 is 5.47. The van der Waals surface area contributed by atoms with E-state index in [0.29, 0.717) is 0 Å². The largest absolute Gasteiger partial charge is 0.379 e. The smallest absolute Gasteiger partial charge is 0.0598 e. The molecule has 4 heteroatoms. The molecular weight excluding hydrogens is 214 g/mol. The number of hydrogen-bond donors (Lipinski definition) is 1. The van der Waals surface area contributed by atoms with Gasteiger partial charge in [0.25, 0.3) is 0 Å². The lowest BCUT2D eigenvalue weighted by Crippen LogP contribution is -2.57. The first-order chi connectivity index (χ1) is 8.39. The Morgan fingerprint density at radius 2 is 1.94 bits per heavy atom. The van der Waals surface area contributed by atoms with Crippen LogP contribution in [0.1, 0.15) is 5.56 Å². The maximum absolute atomic E-state index is 5.47. The third kappa shape index (κ3) is 2.20. The van der Waals surface area contributed by atoms with Gasteiger partial charge in [-0.2, -0.15) is 0 Å². The molecule has 1 N–H and O–H groups in total. The van der Waals surface area contributed by atoms with Crippen LogP contribution in [0.15, 0.2) is 24.5 Å². The van der Waals surface area contributed by atoms with Gasteiger partial charge in [-0.05, 0) is 17.7 Å². The maximum atomic E-state index is 5.47. The minimum atomic E-state index is 0.209. The first-order valence-electron chi connectivity index (χ1n) is 6.30. The van der Waals surface area contributed by atoms with Gasteiger partial charge in [-0.1, -0.05) is 0 Å². The molecule has 4 nitrogen and oxygen atoms in total. The number of aromatic nitrogens is 1. The van der Waals surface area contributed by atoms with E-state index in [1.165, 1.54) is 5.56 Å². The average molecular weight is 233 g/mol. The van der Waals surface area contributed by atoms with Crippen LogP contribution >= 0.6 is 0 Å². The molecule has 2 fully saturated rings. The monoisotopic (exact) mass is 233 g/mol. The molecule has 92 valence electrons. The summed E-state index contributed by atoms with van der Waals surface area (Å²) in [6.07, 6.45) is 3.76. The van der Waals surface area contributed by atoms with E-state index in [0.717, 1.165) is 45.9 Å². The third-order valence-electron chi connectivity index (χ3n) is 3.79. The SMILES string of the molecule is c1cc(C2(CN3CCNCC3)COC2)ccn1. The van der Waals surface area contributed by atoms with Gasteiger partial charge in [0.05, 0.1) is 18.6 Å². The number of piperazine rings is 1. The topological polar surface area (TPSA) is 37.4 Å². The summed E-state index contributed by atoms with van der Waals surface area (Å²) in [4.78, 5) is 6.64. The number of ether oxygens (including phenoxy) is 1. The lowest BCUT2D eigenvalue weighted by Gasteiger charge is -2.45. The van der Waals surface area contributed by atoms with Crippen LogP contribution < -0.4 is 5.32 Å². The summed E-state index contributed by atoms with van der Waals surface area (Å²) in [7, 11) is 0. The van der Waals surface area contributed by atoms with Gasteiger partial charge in [-0.3, -0.25) is 9.88 Å². The molecule has 17 heavy (non-hydrogen) atoms. The van der Waals surface area contributed by atoms with Crippen LogP contribution in [0, 0.1) is 0 Å². The van der Waals surface area contributed by atoms with Gasteiger partial charge < -0.3 is 10.1 Å². The number of rotatable bonds is 3. The second-order valence-corrected chi connectivity index (χ2v) is 5.04. The highest BCUT2D eigenvalue weighted by Gasteiger charge is 2.41. The van der Waals surface area contributed by atoms with Crippen molar-refractivity contribution in [2.45, 2.75) is 5.41 Å². The zero-order chi connectivity index (χ0) is 11.6. The Bertz CT molecular complexity index is 358. The summed E-state index contributed by atoms with van der Waals surface area (Å²) in [5, 5.41) is 3.39. The molecule has 2 aliphatic rings. The van der Waals surface area contributed by atoms with E-state index in [4.69, 9.17) is 4.74 Å². The van der Waals surface area contributed by atoms with Crippen molar-refractivity contribution in [1.29, 1.82) is 0 Å². The molecule has 0 radical (unpaired) electrons. The molecule has 3 rings (SSSR count). The molecule has 0 spiro atoms. The second kappa shape index (κ2) is 4.72. The zero-order valence-electron chi connectivity index (χ0n) is 10.1. The van der Waals surface area contributed by atoms with Gasteiger partial charge >= 0.3 is 0 Å². The van der Waals surface area contributed by atoms with Gasteiger partial charge in [0, 0.05) is 45.1 Å². The molecule has 2 aliphatic heterocycles. The Hall–Kier alpha value is -0.970. The van der Waals surface area contributed by atoms with Crippen LogP contribution in [-0.4, -0.2) is 55.8 Å². The van der Waals surface area contributed by atoms with Gasteiger partial charge in [-0.15, -0.1) is 0 Å². The van der Waals surface area contributed by atoms with Crippen molar-refractivity contribution < 1.29 is 4.74 Å². The molecule has 0 bridgehead atoms. The van der Waals surface area contributed by atoms with Crippen LogP contribution in [0.3, 0.4) is 0 Å². The summed E-state index contributed by atoms with van der Waals surface area (Å²) in [5.41, 5.74) is 1.58. The van der Waals surface area contributed by atoms with Crippen LogP contribution in [0.5, 0.6) is 0 Å². The Balaban J connectivity index is 1.73. The van der Waals surface area contributed by atoms with Crippen molar-refractivity contribution in [3.8, 4) is 0 Å². The highest BCUT2D eigenvalue weighted by atomic mass is 16.5. The van der Waals surface area contributed by atoms with Gasteiger partial charge in [0.15, 0.2) is 0 Å². The molecule has 0 saturated carbocycles. The molecule has 1 aromatic rings. The Morgan fingerprint density at radius 1 is 1.24 bits per heavy atom. The highest BCUT2D eigenvalue weighted by Crippen LogP contribution is 2.33. The fourth-order valence-electron chi connectivity index (χ4n) is 2.70. The Labute approximate surface area is 102 Å². The quantitative estimate of drug-likeness (QED) is 0.812. The van der Waals surface area contributed by atoms with Crippen LogP contribution in [0.25, 0.3) is 0 Å². The summed E-state index contributed by atoms with van der Waals surface area (Å²) in [6.45, 7) is 7.31. The van der Waals surface area contributed by atoms with E-state index in [2.05, 4.69) is 27.3 Å². The fourth-order valence-corrected chi connectivity index (χ4v) is 2.70. The van der Waals surface area contributed by atoms with Gasteiger partial charge in [0.1, 0.15) is 0 Å². The molecule has 0 atom stereocenters. The number of nitrogens with one attached hydrogen (secondary N) is 1. The van der Waals surface area contributed by atoms with E-state index in [1.807, 2.05) is 12.4 Å². The van der Waals surface area contributed by atoms with E-state index in [9.17, 15) is 0 Å². The summed E-state index contributed by atoms with van der Waals surface area (Å²) >= 11 is 0. The Kier molecular flexibility index (Phi) is 3.09. The lowest BCUT2D eigenvalue weighted by atomic mass is 9.78. The minimum absolute atomic E-state index is 0.209. The average Bonchev–Trinajstić information content (AvgIpc) is 2.36. The predicted octanol–water partition coefficient (Wildman–Crippen LogP) is 0.255. The van der Waals surface area contributed by atoms with E-state index >= 15 is 0 Å². The van der Waals surface area contributed by atoms with Crippen molar-refractivity contribution in [2.75, 3.05) is 45.9 Å². The van der Waals surface area contributed by atoms with Crippen molar-refractivity contribution in [3.63, 3.8) is 0 Å². The number of pyridine rings is 1. The van der Waals surface area contributed by atoms with Gasteiger partial charge in [-0.25, -0.2) is 0 Å². The third-order valence-corrected chi connectivity index (χ3v) is 3.79. The van der Waals surface area contributed by atoms with Crippen LogP contribution in [0.2, 0.25) is 0 Å². The molecular formula is C13H19N3O. The molecule has 3 heterocycles. The molecule has 0 amide bonds. The highest BCUT2D eigenvalue weighted by molar-refractivity contribution is 5.26. The molecule has 1 aromatic heterocycles. The van der Waals surface area contributed by atoms with Crippen molar-refractivity contribution in [3.05, 3.63) is 30.1 Å². The molecule has 2 saturated heterocycles. The van der Waals surface area contributed by atoms with Crippen molar-refractivity contribution in [1.82, 2.24) is 15.2 Å². The first-order valence-corrected chi connectivity index (χ1v) is 6.30. The number of nitrogens with zero attached hydrogens (tertiary/aromatic N) is 2. The van der Waals surface area contributed by atoms with E-state index in [-0.39, 0.29) is 5.41 Å². The normalized spacial score (nSPS) is 24.2. The molecule has 0 unspecified atom stereocenters. The molecule has 0 aliphatic carbocycles. The van der Waals surface area contributed by atoms with E-state index < -0.39 is 0 Å². The van der Waals surface area contributed by atoms with Crippen LogP contribution in [-0.2, 0) is 10.2 Å².